The first-order valence-corrected chi connectivity index (χ1v) is 8.94. The maximum absolute atomic E-state index is 13.8. The van der Waals surface area contributed by atoms with Crippen LogP contribution in [0.15, 0.2) is 21.7 Å². The summed E-state index contributed by atoms with van der Waals surface area (Å²) in [4.78, 5) is 36.0. The molecule has 12 heteroatoms. The molecule has 0 atom stereocenters. The van der Waals surface area contributed by atoms with Crippen molar-refractivity contribution in [3.05, 3.63) is 48.8 Å². The molecule has 136 valence electrons. The van der Waals surface area contributed by atoms with Crippen molar-refractivity contribution in [1.82, 2.24) is 9.55 Å². The highest BCUT2D eigenvalue weighted by molar-refractivity contribution is 7.52. The molecule has 25 heavy (non-hydrogen) atoms. The van der Waals surface area contributed by atoms with Crippen LogP contribution in [0.5, 0.6) is 0 Å². The monoisotopic (exact) mass is 375 g/mol. The number of nitro benzene ring substituents is 1. The number of aromatic nitrogens is 2. The molecule has 0 unspecified atom stereocenters. The second-order valence-electron chi connectivity index (χ2n) is 4.85. The Kier molecular flexibility index (Phi) is 5.51. The molecule has 2 aromatic rings. The average Bonchev–Trinajstić information content (AvgIpc) is 2.51. The Bertz CT molecular complexity index is 974. The molecule has 0 spiro atoms. The number of nitrogens with zero attached hydrogens (tertiary/aromatic N) is 2. The molecule has 0 radical (unpaired) electrons. The molecule has 0 aliphatic heterocycles. The Morgan fingerprint density at radius 1 is 1.28 bits per heavy atom. The highest BCUT2D eigenvalue weighted by Gasteiger charge is 2.27. The largest absolute Gasteiger partial charge is 0.350 e. The maximum atomic E-state index is 13.8. The van der Waals surface area contributed by atoms with E-state index in [2.05, 4.69) is 4.98 Å². The van der Waals surface area contributed by atoms with Crippen molar-refractivity contribution in [3.8, 4) is 0 Å². The van der Waals surface area contributed by atoms with Gasteiger partial charge in [0.2, 0.25) is 5.82 Å². The van der Waals surface area contributed by atoms with Crippen molar-refractivity contribution in [2.75, 3.05) is 13.2 Å². The zero-order valence-corrected chi connectivity index (χ0v) is 14.2. The van der Waals surface area contributed by atoms with Crippen LogP contribution in [-0.2, 0) is 19.9 Å². The predicted molar refractivity (Wildman–Crippen MR) is 86.3 cm³/mol. The summed E-state index contributed by atoms with van der Waals surface area (Å²) in [6.45, 7) is 3.15. The van der Waals surface area contributed by atoms with Crippen molar-refractivity contribution in [1.29, 1.82) is 0 Å². The summed E-state index contributed by atoms with van der Waals surface area (Å²) < 4.78 is 37.3. The van der Waals surface area contributed by atoms with Crippen LogP contribution in [0.1, 0.15) is 13.8 Å². The molecule has 0 saturated carbocycles. The van der Waals surface area contributed by atoms with Gasteiger partial charge in [0.25, 0.3) is 0 Å². The number of hydrogen-bond donors (Lipinski definition) is 1. The van der Waals surface area contributed by atoms with E-state index in [0.29, 0.717) is 0 Å². The van der Waals surface area contributed by atoms with E-state index in [9.17, 15) is 28.7 Å². The van der Waals surface area contributed by atoms with E-state index in [0.717, 1.165) is 16.7 Å². The van der Waals surface area contributed by atoms with Gasteiger partial charge in [-0.1, -0.05) is 0 Å². The standard InChI is InChI=1S/C13H15FN3O7P/c1-3-23-25(22,24-4-2)7-16-11-6-10(17(20)21)8(14)5-9(11)15-12(18)13(16)19/h5-6H,3-4,7H2,1-2H3,(H,15,18). The third kappa shape index (κ3) is 3.84. The minimum atomic E-state index is -3.80. The Hall–Kier alpha value is -2.36. The normalized spacial score (nSPS) is 11.8. The van der Waals surface area contributed by atoms with Crippen LogP contribution < -0.4 is 11.1 Å². The van der Waals surface area contributed by atoms with Gasteiger partial charge in [0, 0.05) is 12.1 Å². The van der Waals surface area contributed by atoms with Crippen LogP contribution in [0.3, 0.4) is 0 Å². The van der Waals surface area contributed by atoms with Crippen LogP contribution in [0, 0.1) is 15.9 Å². The summed E-state index contributed by atoms with van der Waals surface area (Å²) in [6.07, 6.45) is -0.642. The molecule has 0 aliphatic rings. The third-order valence-electron chi connectivity index (χ3n) is 3.21. The van der Waals surface area contributed by atoms with E-state index in [1.807, 2.05) is 0 Å². The number of benzene rings is 1. The highest BCUT2D eigenvalue weighted by atomic mass is 31.2. The Morgan fingerprint density at radius 3 is 2.40 bits per heavy atom. The van der Waals surface area contributed by atoms with Crippen molar-refractivity contribution in [2.24, 2.45) is 0 Å². The van der Waals surface area contributed by atoms with E-state index < -0.39 is 41.4 Å². The van der Waals surface area contributed by atoms with E-state index in [4.69, 9.17) is 9.05 Å². The molecule has 0 aliphatic carbocycles. The van der Waals surface area contributed by atoms with Gasteiger partial charge in [-0.25, -0.2) is 0 Å². The van der Waals surface area contributed by atoms with Crippen LogP contribution >= 0.6 is 7.60 Å². The summed E-state index contributed by atoms with van der Waals surface area (Å²) >= 11 is 0. The first-order valence-electron chi connectivity index (χ1n) is 7.21. The SMILES string of the molecule is CCOP(=O)(Cn1c(=O)c(=O)[nH]c2cc(F)c([N+](=O)[O-])cc21)OCC. The van der Waals surface area contributed by atoms with Crippen molar-refractivity contribution < 1.29 is 22.9 Å². The minimum Gasteiger partial charge on any atom is -0.316 e. The topological polar surface area (TPSA) is 134 Å². The van der Waals surface area contributed by atoms with E-state index >= 15 is 0 Å². The van der Waals surface area contributed by atoms with Crippen LogP contribution in [0.25, 0.3) is 11.0 Å². The van der Waals surface area contributed by atoms with E-state index in [1.165, 1.54) is 0 Å². The van der Waals surface area contributed by atoms with Crippen LogP contribution in [0.4, 0.5) is 10.1 Å². The number of H-pyrrole nitrogens is 1. The van der Waals surface area contributed by atoms with E-state index in [1.54, 1.807) is 13.8 Å². The van der Waals surface area contributed by atoms with Crippen molar-refractivity contribution in [2.45, 2.75) is 20.1 Å². The Morgan fingerprint density at radius 2 is 1.88 bits per heavy atom. The number of nitro groups is 1. The summed E-state index contributed by atoms with van der Waals surface area (Å²) in [5.74, 6) is -1.18. The second-order valence-corrected chi connectivity index (χ2v) is 6.87. The van der Waals surface area contributed by atoms with Gasteiger partial charge in [-0.2, -0.15) is 4.39 Å². The molecule has 1 N–H and O–H groups in total. The van der Waals surface area contributed by atoms with E-state index in [-0.39, 0.29) is 24.2 Å². The molecule has 0 fully saturated rings. The lowest BCUT2D eigenvalue weighted by Gasteiger charge is -2.19. The summed E-state index contributed by atoms with van der Waals surface area (Å²) in [7, 11) is -3.80. The van der Waals surface area contributed by atoms with Crippen molar-refractivity contribution >= 4 is 24.3 Å². The third-order valence-corrected chi connectivity index (χ3v) is 5.14. The van der Waals surface area contributed by atoms with Gasteiger partial charge >= 0.3 is 24.4 Å². The number of nitrogens with one attached hydrogen (secondary N) is 1. The number of hydrogen-bond acceptors (Lipinski definition) is 7. The zero-order chi connectivity index (χ0) is 18.8. The highest BCUT2D eigenvalue weighted by Crippen LogP contribution is 2.49. The van der Waals surface area contributed by atoms with Gasteiger partial charge in [0.1, 0.15) is 6.29 Å². The lowest BCUT2D eigenvalue weighted by Crippen LogP contribution is -2.36. The first kappa shape index (κ1) is 19.0. The quantitative estimate of drug-likeness (QED) is 0.338. The average molecular weight is 375 g/mol. The smallest absolute Gasteiger partial charge is 0.316 e. The van der Waals surface area contributed by atoms with Crippen molar-refractivity contribution in [3.63, 3.8) is 0 Å². The zero-order valence-electron chi connectivity index (χ0n) is 13.4. The second kappa shape index (κ2) is 7.26. The molecule has 1 aromatic carbocycles. The number of rotatable bonds is 7. The number of halogens is 1. The lowest BCUT2D eigenvalue weighted by molar-refractivity contribution is -0.387. The molecule has 2 rings (SSSR count). The Balaban J connectivity index is 2.76. The molecule has 0 saturated heterocycles. The van der Waals surface area contributed by atoms with Gasteiger partial charge in [-0.3, -0.25) is 28.8 Å². The molecular weight excluding hydrogens is 360 g/mol. The predicted octanol–water partition coefficient (Wildman–Crippen LogP) is 1.96. The first-order chi connectivity index (χ1) is 11.7. The summed E-state index contributed by atoms with van der Waals surface area (Å²) in [5.41, 5.74) is -3.44. The number of fused-ring (bicyclic) bond motifs is 1. The molecule has 10 nitrogen and oxygen atoms in total. The molecular formula is C13H15FN3O7P. The molecule has 1 heterocycles. The lowest BCUT2D eigenvalue weighted by atomic mass is 10.2. The Labute approximate surface area is 139 Å². The molecule has 1 aromatic heterocycles. The maximum Gasteiger partial charge on any atom is 0.350 e. The fourth-order valence-electron chi connectivity index (χ4n) is 2.25. The fourth-order valence-corrected chi connectivity index (χ4v) is 3.90. The van der Waals surface area contributed by atoms with Gasteiger partial charge in [0.05, 0.1) is 29.2 Å². The van der Waals surface area contributed by atoms with Crippen LogP contribution in [0.2, 0.25) is 0 Å². The summed E-state index contributed by atoms with van der Waals surface area (Å²) in [5, 5.41) is 10.9. The van der Waals surface area contributed by atoms with Gasteiger partial charge < -0.3 is 14.0 Å². The van der Waals surface area contributed by atoms with Gasteiger partial charge in [-0.15, -0.1) is 0 Å². The van der Waals surface area contributed by atoms with Crippen LogP contribution in [-0.4, -0.2) is 27.7 Å². The molecule has 0 bridgehead atoms. The summed E-state index contributed by atoms with van der Waals surface area (Å²) in [6, 6.07) is 1.50. The van der Waals surface area contributed by atoms with Gasteiger partial charge in [-0.05, 0) is 13.8 Å². The minimum absolute atomic E-state index is 0.0158. The van der Waals surface area contributed by atoms with Gasteiger partial charge in [0.15, 0.2) is 0 Å². The molecule has 0 amide bonds. The number of aromatic amines is 1. The fraction of sp³-hybridized carbons (Fsp3) is 0.385.